The molecule has 20 heavy (non-hydrogen) atoms. The molecular weight excluding hydrogens is 250 g/mol. The van der Waals surface area contributed by atoms with E-state index in [0.29, 0.717) is 5.92 Å². The fourth-order valence-corrected chi connectivity index (χ4v) is 3.39. The van der Waals surface area contributed by atoms with Crippen LogP contribution in [0.15, 0.2) is 24.3 Å². The quantitative estimate of drug-likeness (QED) is 0.770. The molecule has 1 aromatic carbocycles. The Morgan fingerprint density at radius 3 is 2.65 bits per heavy atom. The number of methoxy groups -OCH3 is 1. The van der Waals surface area contributed by atoms with Crippen LogP contribution in [-0.4, -0.2) is 27.0 Å². The highest BCUT2D eigenvalue weighted by molar-refractivity contribution is 5.62. The van der Waals surface area contributed by atoms with Gasteiger partial charge in [-0.05, 0) is 43.0 Å². The van der Waals surface area contributed by atoms with Crippen LogP contribution >= 0.6 is 0 Å². The summed E-state index contributed by atoms with van der Waals surface area (Å²) in [6.45, 7) is 3.05. The van der Waals surface area contributed by atoms with Crippen molar-refractivity contribution in [3.05, 3.63) is 24.3 Å². The molecule has 0 bridgehead atoms. The van der Waals surface area contributed by atoms with Crippen molar-refractivity contribution < 1.29 is 9.53 Å². The third kappa shape index (κ3) is 3.33. The van der Waals surface area contributed by atoms with Crippen molar-refractivity contribution in [3.8, 4) is 5.75 Å². The van der Waals surface area contributed by atoms with Crippen molar-refractivity contribution in [1.82, 2.24) is 0 Å². The van der Waals surface area contributed by atoms with Crippen LogP contribution in [0.5, 0.6) is 5.75 Å². The molecule has 0 saturated heterocycles. The van der Waals surface area contributed by atoms with Crippen molar-refractivity contribution in [1.29, 1.82) is 0 Å². The molecule has 2 rings (SSSR count). The number of hydrogen-bond acceptors (Lipinski definition) is 3. The lowest BCUT2D eigenvalue weighted by Gasteiger charge is -2.39. The minimum atomic E-state index is -0.174. The first-order valence-electron chi connectivity index (χ1n) is 7.40. The lowest BCUT2D eigenvalue weighted by Crippen LogP contribution is -2.40. The van der Waals surface area contributed by atoms with Crippen LogP contribution in [0, 0.1) is 11.3 Å². The molecule has 1 aliphatic rings. The summed E-state index contributed by atoms with van der Waals surface area (Å²) in [5, 5.41) is 0. The number of carbonyl (C=O) groups is 1. The van der Waals surface area contributed by atoms with Gasteiger partial charge in [0.2, 0.25) is 0 Å². The zero-order chi connectivity index (χ0) is 14.6. The second-order valence-electron chi connectivity index (χ2n) is 6.24. The maximum absolute atomic E-state index is 11.6. The molecule has 3 nitrogen and oxygen atoms in total. The number of aldehydes is 1. The number of anilines is 1. The summed E-state index contributed by atoms with van der Waals surface area (Å²) in [4.78, 5) is 13.8. The highest BCUT2D eigenvalue weighted by Gasteiger charge is 2.35. The summed E-state index contributed by atoms with van der Waals surface area (Å²) in [5.41, 5.74) is 0.956. The molecule has 110 valence electrons. The molecule has 2 unspecified atom stereocenters. The van der Waals surface area contributed by atoms with Gasteiger partial charge in [-0.1, -0.05) is 19.8 Å². The lowest BCUT2D eigenvalue weighted by atomic mass is 9.70. The Balaban J connectivity index is 2.07. The van der Waals surface area contributed by atoms with E-state index in [1.807, 2.05) is 24.3 Å². The highest BCUT2D eigenvalue weighted by atomic mass is 16.5. The molecular formula is C17H25NO2. The minimum absolute atomic E-state index is 0.174. The monoisotopic (exact) mass is 275 g/mol. The van der Waals surface area contributed by atoms with Gasteiger partial charge in [0, 0.05) is 24.7 Å². The summed E-state index contributed by atoms with van der Waals surface area (Å²) in [7, 11) is 3.73. The standard InChI is InChI=1S/C17H25NO2/c1-14-5-4-10-17(11-14,13-19)12-18(2)15-6-8-16(20-3)9-7-15/h6-9,13-14H,4-5,10-12H2,1-3H3. The molecule has 0 spiro atoms. The molecule has 1 aliphatic carbocycles. The van der Waals surface area contributed by atoms with Crippen LogP contribution in [0.25, 0.3) is 0 Å². The predicted molar refractivity (Wildman–Crippen MR) is 82.4 cm³/mol. The highest BCUT2D eigenvalue weighted by Crippen LogP contribution is 2.39. The topological polar surface area (TPSA) is 29.5 Å². The van der Waals surface area contributed by atoms with Crippen molar-refractivity contribution in [3.63, 3.8) is 0 Å². The SMILES string of the molecule is COc1ccc(N(C)CC2(C=O)CCCC(C)C2)cc1. The van der Waals surface area contributed by atoms with Gasteiger partial charge in [-0.2, -0.15) is 0 Å². The van der Waals surface area contributed by atoms with E-state index in [1.165, 1.54) is 12.7 Å². The van der Waals surface area contributed by atoms with Crippen molar-refractivity contribution in [2.75, 3.05) is 25.6 Å². The summed E-state index contributed by atoms with van der Waals surface area (Å²) in [6, 6.07) is 8.01. The molecule has 0 heterocycles. The molecule has 0 N–H and O–H groups in total. The summed E-state index contributed by atoms with van der Waals surface area (Å²) in [6.07, 6.45) is 5.64. The maximum atomic E-state index is 11.6. The van der Waals surface area contributed by atoms with E-state index >= 15 is 0 Å². The molecule has 0 radical (unpaired) electrons. The van der Waals surface area contributed by atoms with Gasteiger partial charge >= 0.3 is 0 Å². The average molecular weight is 275 g/mol. The molecule has 3 heteroatoms. The molecule has 2 atom stereocenters. The Morgan fingerprint density at radius 1 is 1.40 bits per heavy atom. The van der Waals surface area contributed by atoms with Gasteiger partial charge in [0.05, 0.1) is 7.11 Å². The molecule has 1 saturated carbocycles. The fourth-order valence-electron chi connectivity index (χ4n) is 3.39. The maximum Gasteiger partial charge on any atom is 0.127 e. The van der Waals surface area contributed by atoms with E-state index in [2.05, 4.69) is 18.9 Å². The third-order valence-corrected chi connectivity index (χ3v) is 4.44. The van der Waals surface area contributed by atoms with Crippen LogP contribution < -0.4 is 9.64 Å². The second kappa shape index (κ2) is 6.29. The number of benzene rings is 1. The van der Waals surface area contributed by atoms with Gasteiger partial charge in [0.1, 0.15) is 12.0 Å². The Hall–Kier alpha value is -1.51. The lowest BCUT2D eigenvalue weighted by molar-refractivity contribution is -0.118. The fraction of sp³-hybridized carbons (Fsp3) is 0.588. The third-order valence-electron chi connectivity index (χ3n) is 4.44. The zero-order valence-electron chi connectivity index (χ0n) is 12.8. The average Bonchev–Trinajstić information content (AvgIpc) is 2.47. The van der Waals surface area contributed by atoms with Gasteiger partial charge in [-0.15, -0.1) is 0 Å². The van der Waals surface area contributed by atoms with Gasteiger partial charge < -0.3 is 14.4 Å². The summed E-state index contributed by atoms with van der Waals surface area (Å²) >= 11 is 0. The normalized spacial score (nSPS) is 26.1. The van der Waals surface area contributed by atoms with Gasteiger partial charge in [-0.25, -0.2) is 0 Å². The van der Waals surface area contributed by atoms with Crippen LogP contribution in [0.4, 0.5) is 5.69 Å². The first kappa shape index (κ1) is 14.9. The Kier molecular flexibility index (Phi) is 4.69. The molecule has 1 aromatic rings. The van der Waals surface area contributed by atoms with Crippen molar-refractivity contribution in [2.24, 2.45) is 11.3 Å². The van der Waals surface area contributed by atoms with E-state index in [4.69, 9.17) is 4.74 Å². The van der Waals surface area contributed by atoms with Crippen LogP contribution in [0.2, 0.25) is 0 Å². The summed E-state index contributed by atoms with van der Waals surface area (Å²) < 4.78 is 5.18. The first-order valence-corrected chi connectivity index (χ1v) is 7.40. The summed E-state index contributed by atoms with van der Waals surface area (Å²) in [5.74, 6) is 1.51. The van der Waals surface area contributed by atoms with Gasteiger partial charge in [0.15, 0.2) is 0 Å². The predicted octanol–water partition coefficient (Wildman–Crippen LogP) is 3.53. The zero-order valence-corrected chi connectivity index (χ0v) is 12.8. The number of nitrogens with zero attached hydrogens (tertiary/aromatic N) is 1. The van der Waals surface area contributed by atoms with E-state index in [1.54, 1.807) is 7.11 Å². The number of hydrogen-bond donors (Lipinski definition) is 0. The molecule has 0 amide bonds. The number of carbonyl (C=O) groups excluding carboxylic acids is 1. The molecule has 0 aliphatic heterocycles. The van der Waals surface area contributed by atoms with E-state index in [9.17, 15) is 4.79 Å². The Morgan fingerprint density at radius 2 is 2.10 bits per heavy atom. The number of ether oxygens (including phenoxy) is 1. The second-order valence-corrected chi connectivity index (χ2v) is 6.24. The largest absolute Gasteiger partial charge is 0.497 e. The van der Waals surface area contributed by atoms with Crippen molar-refractivity contribution >= 4 is 12.0 Å². The smallest absolute Gasteiger partial charge is 0.127 e. The van der Waals surface area contributed by atoms with E-state index in [-0.39, 0.29) is 5.41 Å². The van der Waals surface area contributed by atoms with Gasteiger partial charge in [0.25, 0.3) is 0 Å². The van der Waals surface area contributed by atoms with Gasteiger partial charge in [-0.3, -0.25) is 0 Å². The Labute approximate surface area is 121 Å². The van der Waals surface area contributed by atoms with E-state index < -0.39 is 0 Å². The molecule has 0 aromatic heterocycles. The molecule has 1 fully saturated rings. The van der Waals surface area contributed by atoms with E-state index in [0.717, 1.165) is 37.2 Å². The minimum Gasteiger partial charge on any atom is -0.497 e. The Bertz CT molecular complexity index is 443. The number of rotatable bonds is 5. The van der Waals surface area contributed by atoms with Crippen molar-refractivity contribution in [2.45, 2.75) is 32.6 Å². The van der Waals surface area contributed by atoms with Crippen LogP contribution in [0.3, 0.4) is 0 Å². The van der Waals surface area contributed by atoms with Crippen LogP contribution in [-0.2, 0) is 4.79 Å². The first-order chi connectivity index (χ1) is 9.58. The van der Waals surface area contributed by atoms with Crippen LogP contribution in [0.1, 0.15) is 32.6 Å².